The molecule has 2 aliphatic carbocycles. The molecule has 1 heterocycles. The number of fused-ring (bicyclic) bond motifs is 2. The number of anilines is 2. The molecule has 1 aromatic heterocycles. The molecule has 1 aromatic carbocycles. The van der Waals surface area contributed by atoms with Crippen LogP contribution in [-0.2, 0) is 35.9 Å². The Kier molecular flexibility index (Phi) is 4.80. The number of aryl methyl sites for hydroxylation is 2. The van der Waals surface area contributed by atoms with Crippen molar-refractivity contribution in [3.63, 3.8) is 0 Å². The van der Waals surface area contributed by atoms with Crippen molar-refractivity contribution in [1.82, 2.24) is 14.9 Å². The topological polar surface area (TPSA) is 122 Å². The third-order valence-corrected chi connectivity index (χ3v) is 5.96. The van der Waals surface area contributed by atoms with Gasteiger partial charge in [-0.05, 0) is 66.8 Å². The number of methoxy groups -OCH3 is 1. The van der Waals surface area contributed by atoms with Gasteiger partial charge in [-0.15, -0.1) is 10.2 Å². The van der Waals surface area contributed by atoms with Crippen LogP contribution in [0.4, 0.5) is 16.3 Å². The first-order chi connectivity index (χ1) is 13.4. The van der Waals surface area contributed by atoms with Gasteiger partial charge >= 0.3 is 16.2 Å². The largest absolute Gasteiger partial charge is 0.480 e. The van der Waals surface area contributed by atoms with Gasteiger partial charge in [0.15, 0.2) is 5.82 Å². The van der Waals surface area contributed by atoms with Gasteiger partial charge in [0, 0.05) is 11.8 Å². The van der Waals surface area contributed by atoms with Crippen LogP contribution in [0.2, 0.25) is 0 Å². The Hall–Kier alpha value is -2.88. The summed E-state index contributed by atoms with van der Waals surface area (Å²) in [7, 11) is -2.73. The molecule has 0 saturated carbocycles. The average molecular weight is 403 g/mol. The molecule has 9 nitrogen and oxygen atoms in total. The van der Waals surface area contributed by atoms with Crippen molar-refractivity contribution in [3.05, 3.63) is 40.5 Å². The highest BCUT2D eigenvalue weighted by atomic mass is 32.2. The average Bonchev–Trinajstić information content (AvgIpc) is 3.30. The number of ether oxygens (including phenoxy) is 1. The maximum atomic E-state index is 12.4. The zero-order chi connectivity index (χ0) is 19.7. The van der Waals surface area contributed by atoms with Crippen molar-refractivity contribution in [2.24, 2.45) is 0 Å². The van der Waals surface area contributed by atoms with E-state index in [0.29, 0.717) is 0 Å². The lowest BCUT2D eigenvalue weighted by Gasteiger charge is -2.16. The van der Waals surface area contributed by atoms with E-state index in [2.05, 4.69) is 26.3 Å². The smallest absolute Gasteiger partial charge is 0.334 e. The number of nitrogens with one attached hydrogen (secondary N) is 3. The fourth-order valence-electron chi connectivity index (χ4n) is 3.87. The molecule has 28 heavy (non-hydrogen) atoms. The highest BCUT2D eigenvalue weighted by molar-refractivity contribution is 7.91. The van der Waals surface area contributed by atoms with Crippen LogP contribution < -0.4 is 19.5 Å². The van der Waals surface area contributed by atoms with E-state index < -0.39 is 16.2 Å². The number of nitrogens with zero attached hydrogens (tertiary/aromatic N) is 2. The van der Waals surface area contributed by atoms with Crippen LogP contribution in [0.15, 0.2) is 18.2 Å². The van der Waals surface area contributed by atoms with Gasteiger partial charge < -0.3 is 10.1 Å². The number of urea groups is 1. The highest BCUT2D eigenvalue weighted by Crippen LogP contribution is 2.38. The number of carbonyl (C=O) groups is 1. The maximum absolute atomic E-state index is 12.4. The van der Waals surface area contributed by atoms with Gasteiger partial charge in [-0.3, -0.25) is 0 Å². The van der Waals surface area contributed by atoms with Crippen LogP contribution in [0, 0.1) is 0 Å². The predicted molar refractivity (Wildman–Crippen MR) is 104 cm³/mol. The predicted octanol–water partition coefficient (Wildman–Crippen LogP) is 1.94. The molecule has 0 unspecified atom stereocenters. The fraction of sp³-hybridized carbons (Fsp3) is 0.389. The second kappa shape index (κ2) is 7.27. The molecular formula is C18H21N5O4S. The normalized spacial score (nSPS) is 14.9. The minimum atomic E-state index is -4.16. The van der Waals surface area contributed by atoms with Gasteiger partial charge in [0.2, 0.25) is 5.88 Å². The van der Waals surface area contributed by atoms with Crippen molar-refractivity contribution < 1.29 is 17.9 Å². The lowest BCUT2D eigenvalue weighted by molar-refractivity contribution is 0.256. The Labute approximate surface area is 163 Å². The standard InChI is InChI=1S/C18H21N5O4S/c1-27-16-9-8-15(20-21-16)22-28(25,26)23-18(24)19-17-13-6-2-4-11(13)10-12-5-3-7-14(12)17/h8-10H,2-7H2,1H3,(H,20,22)(H2,19,23,24). The molecule has 10 heteroatoms. The van der Waals surface area contributed by atoms with Crippen LogP contribution in [-0.4, -0.2) is 31.8 Å². The van der Waals surface area contributed by atoms with Gasteiger partial charge in [0.05, 0.1) is 7.11 Å². The summed E-state index contributed by atoms with van der Waals surface area (Å²) < 4.78 is 33.5. The summed E-state index contributed by atoms with van der Waals surface area (Å²) >= 11 is 0. The van der Waals surface area contributed by atoms with Gasteiger partial charge in [-0.25, -0.2) is 14.2 Å². The fourth-order valence-corrected chi connectivity index (χ4v) is 4.61. The first kappa shape index (κ1) is 18.5. The van der Waals surface area contributed by atoms with Gasteiger partial charge in [-0.2, -0.15) is 8.42 Å². The summed E-state index contributed by atoms with van der Waals surface area (Å²) in [4.78, 5) is 12.4. The number of aromatic nitrogens is 2. The van der Waals surface area contributed by atoms with Crippen molar-refractivity contribution in [2.45, 2.75) is 38.5 Å². The van der Waals surface area contributed by atoms with E-state index in [0.717, 1.165) is 55.3 Å². The molecule has 0 aliphatic heterocycles. The first-order valence-electron chi connectivity index (χ1n) is 9.11. The zero-order valence-electron chi connectivity index (χ0n) is 15.4. The molecule has 2 amide bonds. The van der Waals surface area contributed by atoms with E-state index >= 15 is 0 Å². The monoisotopic (exact) mass is 403 g/mol. The summed E-state index contributed by atoms with van der Waals surface area (Å²) in [6.07, 6.45) is 5.87. The van der Waals surface area contributed by atoms with E-state index in [1.165, 1.54) is 30.4 Å². The van der Waals surface area contributed by atoms with Gasteiger partial charge in [0.25, 0.3) is 0 Å². The van der Waals surface area contributed by atoms with Crippen molar-refractivity contribution in [3.8, 4) is 5.88 Å². The third kappa shape index (κ3) is 3.72. The number of carbonyl (C=O) groups excluding carboxylic acids is 1. The van der Waals surface area contributed by atoms with Crippen LogP contribution in [0.25, 0.3) is 0 Å². The zero-order valence-corrected chi connectivity index (χ0v) is 16.2. The molecule has 0 atom stereocenters. The highest BCUT2D eigenvalue weighted by Gasteiger charge is 2.26. The minimum absolute atomic E-state index is 0.0254. The molecule has 0 saturated heterocycles. The Bertz CT molecular complexity index is 989. The summed E-state index contributed by atoms with van der Waals surface area (Å²) in [5, 5.41) is 10.1. The number of hydrogen-bond donors (Lipinski definition) is 3. The van der Waals surface area contributed by atoms with E-state index in [-0.39, 0.29) is 11.7 Å². The molecule has 3 N–H and O–H groups in total. The molecule has 0 radical (unpaired) electrons. The van der Waals surface area contributed by atoms with E-state index in [4.69, 9.17) is 4.74 Å². The van der Waals surface area contributed by atoms with Crippen LogP contribution in [0.5, 0.6) is 5.88 Å². The maximum Gasteiger partial charge on any atom is 0.334 e. The van der Waals surface area contributed by atoms with E-state index in [9.17, 15) is 13.2 Å². The SMILES string of the molecule is COc1ccc(NS(=O)(=O)NC(=O)Nc2c3c(cc4c2CCC4)CCC3)nn1. The van der Waals surface area contributed by atoms with Crippen molar-refractivity contribution in [1.29, 1.82) is 0 Å². The van der Waals surface area contributed by atoms with Crippen LogP contribution >= 0.6 is 0 Å². The molecule has 2 aromatic rings. The molecular weight excluding hydrogens is 382 g/mol. The van der Waals surface area contributed by atoms with E-state index in [1.807, 2.05) is 4.72 Å². The molecule has 148 valence electrons. The first-order valence-corrected chi connectivity index (χ1v) is 10.6. The van der Waals surface area contributed by atoms with Crippen LogP contribution in [0.3, 0.4) is 0 Å². The Balaban J connectivity index is 1.49. The number of rotatable bonds is 5. The van der Waals surface area contributed by atoms with Gasteiger partial charge in [-0.1, -0.05) is 6.07 Å². The summed E-state index contributed by atoms with van der Waals surface area (Å²) in [5.41, 5.74) is 5.54. The number of amides is 2. The Morgan fingerprint density at radius 3 is 2.29 bits per heavy atom. The summed E-state index contributed by atoms with van der Waals surface area (Å²) in [6, 6.07) is 4.29. The van der Waals surface area contributed by atoms with Crippen molar-refractivity contribution >= 4 is 27.7 Å². The van der Waals surface area contributed by atoms with Crippen LogP contribution in [0.1, 0.15) is 35.1 Å². The Morgan fingerprint density at radius 2 is 1.71 bits per heavy atom. The Morgan fingerprint density at radius 1 is 1.04 bits per heavy atom. The third-order valence-electron chi connectivity index (χ3n) is 5.03. The lowest BCUT2D eigenvalue weighted by Crippen LogP contribution is -2.38. The molecule has 2 aliphatic rings. The second-order valence-electron chi connectivity index (χ2n) is 6.86. The summed E-state index contributed by atoms with van der Waals surface area (Å²) in [5.74, 6) is 0.225. The van der Waals surface area contributed by atoms with E-state index in [1.54, 1.807) is 0 Å². The summed E-state index contributed by atoms with van der Waals surface area (Å²) in [6.45, 7) is 0. The minimum Gasteiger partial charge on any atom is -0.480 e. The molecule has 4 rings (SSSR count). The molecule has 0 spiro atoms. The molecule has 0 fully saturated rings. The molecule has 0 bridgehead atoms. The van der Waals surface area contributed by atoms with Crippen molar-refractivity contribution in [2.75, 3.05) is 17.1 Å². The quantitative estimate of drug-likeness (QED) is 0.701. The lowest BCUT2D eigenvalue weighted by atomic mass is 9.99. The number of hydrogen-bond acceptors (Lipinski definition) is 6. The number of benzene rings is 1. The second-order valence-corrected chi connectivity index (χ2v) is 8.27. The van der Waals surface area contributed by atoms with Gasteiger partial charge in [0.1, 0.15) is 0 Å².